The smallest absolute Gasteiger partial charge is 0.252 e. The van der Waals surface area contributed by atoms with Crippen molar-refractivity contribution in [3.05, 3.63) is 182 Å². The van der Waals surface area contributed by atoms with E-state index in [0.717, 1.165) is 50.4 Å². The molecule has 0 radical (unpaired) electrons. The Hall–Kier alpha value is -6.76. The fraction of sp³-hybridized carbons (Fsp3) is 0.0400. The van der Waals surface area contributed by atoms with Gasteiger partial charge in [-0.2, -0.15) is 0 Å². The minimum atomic E-state index is -2.02. The summed E-state index contributed by atoms with van der Waals surface area (Å²) in [5.74, 6) is 0. The molecule has 0 saturated heterocycles. The molecule has 0 spiro atoms. The van der Waals surface area contributed by atoms with E-state index in [1.165, 1.54) is 49.5 Å². The molecule has 4 nitrogen and oxygen atoms in total. The first kappa shape index (κ1) is 31.6. The predicted octanol–water partition coefficient (Wildman–Crippen LogP) is 10.3. The van der Waals surface area contributed by atoms with Gasteiger partial charge in [-0.05, 0) is 93.5 Å². The van der Waals surface area contributed by atoms with E-state index in [1.807, 2.05) is 0 Å². The van der Waals surface area contributed by atoms with Crippen molar-refractivity contribution in [2.24, 2.45) is 0 Å². The molecule has 0 aliphatic carbocycles. The van der Waals surface area contributed by atoms with Crippen molar-refractivity contribution in [2.45, 2.75) is 13.1 Å². The molecule has 0 unspecified atom stereocenters. The average Bonchev–Trinajstić information content (AvgIpc) is 3.63. The highest BCUT2D eigenvalue weighted by Crippen LogP contribution is 2.48. The zero-order chi connectivity index (χ0) is 37.1. The van der Waals surface area contributed by atoms with Crippen LogP contribution >= 0.6 is 0 Å². The third kappa shape index (κ3) is 4.25. The molecule has 264 valence electrons. The number of hydrogen-bond donors (Lipinski definition) is 0. The maximum absolute atomic E-state index is 6.82. The quantitative estimate of drug-likeness (QED) is 0.168. The molecule has 3 aliphatic heterocycles. The summed E-state index contributed by atoms with van der Waals surface area (Å²) in [6, 6.07) is 66.6. The Kier molecular flexibility index (Phi) is 6.55. The summed E-state index contributed by atoms with van der Waals surface area (Å²) in [6.07, 6.45) is 0. The number of para-hydroxylation sites is 6. The van der Waals surface area contributed by atoms with Crippen molar-refractivity contribution in [1.82, 2.24) is 0 Å². The Morgan fingerprint density at radius 3 is 1.88 bits per heavy atom. The number of anilines is 9. The lowest BCUT2D eigenvalue weighted by Crippen LogP contribution is -2.67. The van der Waals surface area contributed by atoms with Crippen LogP contribution in [-0.2, 0) is 0 Å². The minimum Gasteiger partial charge on any atom is -0.454 e. The van der Waals surface area contributed by atoms with E-state index in [2.05, 4.69) is 210 Å². The van der Waals surface area contributed by atoms with E-state index in [1.54, 1.807) is 0 Å². The second kappa shape index (κ2) is 11.6. The molecule has 0 fully saturated rings. The molecule has 3 aliphatic rings. The summed E-state index contributed by atoms with van der Waals surface area (Å²) < 4.78 is 6.82. The average molecular weight is 734 g/mol. The van der Waals surface area contributed by atoms with Gasteiger partial charge in [-0.25, -0.2) is 0 Å². The van der Waals surface area contributed by atoms with Gasteiger partial charge in [-0.1, -0.05) is 128 Å². The SMILES string of the molecule is C[Si]1(C)c2ccccc2N2c3cccc4c3B(c3ccc(N(c5ccccc5)c5ccccc5)cc3N4c3cccc4c3oc3ccccc34)c3cccc1c32. The summed E-state index contributed by atoms with van der Waals surface area (Å²) in [4.78, 5) is 7.43. The van der Waals surface area contributed by atoms with Gasteiger partial charge < -0.3 is 19.1 Å². The molecule has 0 amide bonds. The number of rotatable bonds is 4. The summed E-state index contributed by atoms with van der Waals surface area (Å²) in [5, 5.41) is 5.22. The third-order valence-electron chi connectivity index (χ3n) is 12.4. The highest BCUT2D eigenvalue weighted by atomic mass is 28.3. The van der Waals surface area contributed by atoms with Crippen molar-refractivity contribution < 1.29 is 4.42 Å². The van der Waals surface area contributed by atoms with E-state index in [9.17, 15) is 0 Å². The van der Waals surface area contributed by atoms with Gasteiger partial charge in [-0.3, -0.25) is 0 Å². The van der Waals surface area contributed by atoms with Crippen molar-refractivity contribution >= 4 is 115 Å². The minimum absolute atomic E-state index is 0.0412. The molecule has 1 aromatic heterocycles. The van der Waals surface area contributed by atoms with Crippen LogP contribution in [0.1, 0.15) is 0 Å². The van der Waals surface area contributed by atoms with Crippen molar-refractivity contribution in [3.63, 3.8) is 0 Å². The maximum atomic E-state index is 6.82. The van der Waals surface area contributed by atoms with Crippen LogP contribution < -0.4 is 41.5 Å². The molecular weight excluding hydrogens is 697 g/mol. The Bertz CT molecular complexity index is 3010. The standard InChI is InChI=1S/C50H36BN3OSi/c1-56(2)46-28-12-10-23-40(46)54-42-25-15-24-41-48(42)51(39-22-14-29-47(56)49(39)54)38-31-30-35(52(33-16-5-3-6-17-33)34-18-7-4-8-19-34)32-44(38)53(41)43-26-13-21-37-36-20-9-11-27-45(36)55-50(37)43/h3-32H,1-2H3. The second-order valence-electron chi connectivity index (χ2n) is 15.7. The largest absolute Gasteiger partial charge is 0.454 e. The van der Waals surface area contributed by atoms with Crippen LogP contribution in [0.25, 0.3) is 21.9 Å². The lowest BCUT2D eigenvalue weighted by Gasteiger charge is -2.49. The van der Waals surface area contributed by atoms with E-state index in [0.29, 0.717) is 0 Å². The molecule has 0 bridgehead atoms. The summed E-state index contributed by atoms with van der Waals surface area (Å²) in [7, 11) is -2.02. The Morgan fingerprint density at radius 2 is 1.07 bits per heavy atom. The first-order valence-electron chi connectivity index (χ1n) is 19.5. The van der Waals surface area contributed by atoms with Gasteiger partial charge in [0.2, 0.25) is 0 Å². The molecule has 56 heavy (non-hydrogen) atoms. The van der Waals surface area contributed by atoms with Gasteiger partial charge in [0, 0.05) is 56.3 Å². The molecule has 8 aromatic carbocycles. The fourth-order valence-corrected chi connectivity index (χ4v) is 13.0. The monoisotopic (exact) mass is 733 g/mol. The van der Waals surface area contributed by atoms with Crippen LogP contribution in [0.15, 0.2) is 186 Å². The van der Waals surface area contributed by atoms with Gasteiger partial charge in [-0.15, -0.1) is 0 Å². The lowest BCUT2D eigenvalue weighted by molar-refractivity contribution is 0.669. The summed E-state index contributed by atoms with van der Waals surface area (Å²) in [5.41, 5.74) is 16.4. The Labute approximate surface area is 327 Å². The molecule has 12 rings (SSSR count). The Morgan fingerprint density at radius 1 is 0.464 bits per heavy atom. The molecule has 6 heteroatoms. The number of nitrogens with zero attached hydrogens (tertiary/aromatic N) is 3. The molecule has 0 atom stereocenters. The first-order valence-corrected chi connectivity index (χ1v) is 22.5. The van der Waals surface area contributed by atoms with Crippen LogP contribution in [0, 0.1) is 0 Å². The highest BCUT2D eigenvalue weighted by molar-refractivity contribution is 7.05. The van der Waals surface area contributed by atoms with Gasteiger partial charge >= 0.3 is 0 Å². The van der Waals surface area contributed by atoms with E-state index < -0.39 is 8.07 Å². The second-order valence-corrected chi connectivity index (χ2v) is 20.0. The molecule has 4 heterocycles. The van der Waals surface area contributed by atoms with Crippen LogP contribution in [0.2, 0.25) is 13.1 Å². The van der Waals surface area contributed by atoms with Gasteiger partial charge in [0.1, 0.15) is 13.7 Å². The van der Waals surface area contributed by atoms with Gasteiger partial charge in [0.15, 0.2) is 5.58 Å². The van der Waals surface area contributed by atoms with Gasteiger partial charge in [0.25, 0.3) is 6.71 Å². The highest BCUT2D eigenvalue weighted by Gasteiger charge is 2.48. The zero-order valence-electron chi connectivity index (χ0n) is 31.1. The zero-order valence-corrected chi connectivity index (χ0v) is 32.1. The topological polar surface area (TPSA) is 22.9 Å². The number of fused-ring (bicyclic) bond motifs is 9. The van der Waals surface area contributed by atoms with E-state index >= 15 is 0 Å². The van der Waals surface area contributed by atoms with E-state index in [4.69, 9.17) is 4.42 Å². The summed E-state index contributed by atoms with van der Waals surface area (Å²) >= 11 is 0. The normalized spacial score (nSPS) is 14.3. The van der Waals surface area contributed by atoms with Crippen molar-refractivity contribution in [2.75, 3.05) is 14.7 Å². The Balaban J connectivity index is 1.18. The number of furan rings is 1. The fourth-order valence-electron chi connectivity index (χ4n) is 9.97. The molecule has 0 N–H and O–H groups in total. The van der Waals surface area contributed by atoms with Crippen LogP contribution in [0.3, 0.4) is 0 Å². The number of hydrogen-bond acceptors (Lipinski definition) is 4. The first-order chi connectivity index (χ1) is 27.6. The predicted molar refractivity (Wildman–Crippen MR) is 239 cm³/mol. The molecule has 9 aromatic rings. The van der Waals surface area contributed by atoms with Crippen LogP contribution in [0.5, 0.6) is 0 Å². The van der Waals surface area contributed by atoms with Crippen molar-refractivity contribution in [1.29, 1.82) is 0 Å². The van der Waals surface area contributed by atoms with Crippen LogP contribution in [0.4, 0.5) is 51.2 Å². The maximum Gasteiger partial charge on any atom is 0.252 e. The van der Waals surface area contributed by atoms with Gasteiger partial charge in [0.05, 0.1) is 5.69 Å². The van der Waals surface area contributed by atoms with E-state index in [-0.39, 0.29) is 6.71 Å². The summed E-state index contributed by atoms with van der Waals surface area (Å²) in [6.45, 7) is 5.08. The lowest BCUT2D eigenvalue weighted by atomic mass is 9.33. The molecule has 0 saturated carbocycles. The van der Waals surface area contributed by atoms with Crippen LogP contribution in [-0.4, -0.2) is 14.8 Å². The molecular formula is C50H36BN3OSi. The van der Waals surface area contributed by atoms with Crippen molar-refractivity contribution in [3.8, 4) is 0 Å². The number of benzene rings is 8. The third-order valence-corrected chi connectivity index (χ3v) is 15.9.